The van der Waals surface area contributed by atoms with Crippen LogP contribution >= 0.6 is 0 Å². The van der Waals surface area contributed by atoms with Crippen molar-refractivity contribution in [1.29, 1.82) is 0 Å². The van der Waals surface area contributed by atoms with Gasteiger partial charge in [0.2, 0.25) is 0 Å². The standard InChI is InChI=1S/C18H23F3O3/c1-2-24-15(22)17(23,18(19,20)21)13-16(11-7-4-8-12-16)14-9-5-3-6-10-14/h3,5-6,9-10,23H,2,4,7-8,11-13H2,1H3. The van der Waals surface area contributed by atoms with Crippen LogP contribution < -0.4 is 0 Å². The van der Waals surface area contributed by atoms with Gasteiger partial charge in [0.1, 0.15) is 0 Å². The van der Waals surface area contributed by atoms with Crippen molar-refractivity contribution in [2.45, 2.75) is 62.6 Å². The van der Waals surface area contributed by atoms with E-state index in [1.165, 1.54) is 6.92 Å². The second-order valence-electron chi connectivity index (χ2n) is 6.46. The van der Waals surface area contributed by atoms with Crippen LogP contribution in [0.25, 0.3) is 0 Å². The van der Waals surface area contributed by atoms with Crippen LogP contribution in [0.5, 0.6) is 0 Å². The fourth-order valence-electron chi connectivity index (χ4n) is 3.62. The monoisotopic (exact) mass is 344 g/mol. The Morgan fingerprint density at radius 1 is 1.17 bits per heavy atom. The van der Waals surface area contributed by atoms with E-state index in [1.54, 1.807) is 30.3 Å². The van der Waals surface area contributed by atoms with E-state index in [-0.39, 0.29) is 6.61 Å². The van der Waals surface area contributed by atoms with E-state index < -0.39 is 29.6 Å². The number of ether oxygens (including phenoxy) is 1. The Hall–Kier alpha value is -1.56. The number of hydrogen-bond acceptors (Lipinski definition) is 3. The van der Waals surface area contributed by atoms with Gasteiger partial charge in [0, 0.05) is 6.42 Å². The predicted molar refractivity (Wildman–Crippen MR) is 83.5 cm³/mol. The van der Waals surface area contributed by atoms with Crippen molar-refractivity contribution in [1.82, 2.24) is 0 Å². The molecule has 0 spiro atoms. The summed E-state index contributed by atoms with van der Waals surface area (Å²) in [5.41, 5.74) is -3.64. The van der Waals surface area contributed by atoms with Gasteiger partial charge in [-0.25, -0.2) is 4.79 Å². The second kappa shape index (κ2) is 7.13. The van der Waals surface area contributed by atoms with E-state index in [0.717, 1.165) is 24.8 Å². The molecule has 2 rings (SSSR count). The lowest BCUT2D eigenvalue weighted by atomic mass is 9.64. The maximum atomic E-state index is 13.6. The molecule has 1 atom stereocenters. The molecule has 1 fully saturated rings. The van der Waals surface area contributed by atoms with Gasteiger partial charge in [0.25, 0.3) is 5.60 Å². The van der Waals surface area contributed by atoms with Crippen molar-refractivity contribution in [3.05, 3.63) is 35.9 Å². The van der Waals surface area contributed by atoms with Gasteiger partial charge in [0.15, 0.2) is 0 Å². The molecule has 0 aliphatic heterocycles. The summed E-state index contributed by atoms with van der Waals surface area (Å²) in [4.78, 5) is 12.0. The molecule has 1 aromatic rings. The minimum absolute atomic E-state index is 0.213. The topological polar surface area (TPSA) is 46.5 Å². The number of esters is 1. The van der Waals surface area contributed by atoms with Crippen LogP contribution in [0.15, 0.2) is 30.3 Å². The van der Waals surface area contributed by atoms with E-state index in [9.17, 15) is 23.1 Å². The van der Waals surface area contributed by atoms with Crippen molar-refractivity contribution in [2.24, 2.45) is 0 Å². The Morgan fingerprint density at radius 3 is 2.25 bits per heavy atom. The van der Waals surface area contributed by atoms with Crippen LogP contribution in [0.4, 0.5) is 13.2 Å². The molecule has 0 saturated heterocycles. The summed E-state index contributed by atoms with van der Waals surface area (Å²) in [6.07, 6.45) is -2.29. The Balaban J connectivity index is 2.44. The third kappa shape index (κ3) is 3.58. The second-order valence-corrected chi connectivity index (χ2v) is 6.46. The van der Waals surface area contributed by atoms with E-state index in [4.69, 9.17) is 0 Å². The van der Waals surface area contributed by atoms with Gasteiger partial charge in [-0.3, -0.25) is 0 Å². The smallest absolute Gasteiger partial charge is 0.428 e. The maximum absolute atomic E-state index is 13.6. The maximum Gasteiger partial charge on any atom is 0.428 e. The average Bonchev–Trinajstić information content (AvgIpc) is 2.55. The zero-order valence-corrected chi connectivity index (χ0v) is 13.7. The van der Waals surface area contributed by atoms with E-state index in [2.05, 4.69) is 4.74 Å². The zero-order chi connectivity index (χ0) is 17.8. The highest BCUT2D eigenvalue weighted by Gasteiger charge is 2.63. The quantitative estimate of drug-likeness (QED) is 0.817. The van der Waals surface area contributed by atoms with Crippen molar-refractivity contribution in [3.8, 4) is 0 Å². The van der Waals surface area contributed by atoms with Crippen LogP contribution in [0, 0.1) is 0 Å². The molecular weight excluding hydrogens is 321 g/mol. The molecule has 1 aliphatic rings. The number of halogens is 3. The number of carbonyl (C=O) groups is 1. The van der Waals surface area contributed by atoms with Gasteiger partial charge >= 0.3 is 12.1 Å². The van der Waals surface area contributed by atoms with Gasteiger partial charge in [-0.15, -0.1) is 0 Å². The first-order valence-electron chi connectivity index (χ1n) is 8.27. The summed E-state index contributed by atoms with van der Waals surface area (Å²) in [5, 5.41) is 10.3. The first-order valence-corrected chi connectivity index (χ1v) is 8.27. The number of alkyl halides is 3. The Morgan fingerprint density at radius 2 is 1.75 bits per heavy atom. The van der Waals surface area contributed by atoms with Crippen molar-refractivity contribution in [3.63, 3.8) is 0 Å². The summed E-state index contributed by atoms with van der Waals surface area (Å²) in [7, 11) is 0. The normalized spacial score (nSPS) is 20.2. The summed E-state index contributed by atoms with van der Waals surface area (Å²) < 4.78 is 45.3. The van der Waals surface area contributed by atoms with Gasteiger partial charge < -0.3 is 9.84 Å². The fourth-order valence-corrected chi connectivity index (χ4v) is 3.62. The molecule has 0 bridgehead atoms. The van der Waals surface area contributed by atoms with Gasteiger partial charge in [0.05, 0.1) is 6.61 Å². The number of rotatable bonds is 5. The van der Waals surface area contributed by atoms with Crippen molar-refractivity contribution in [2.75, 3.05) is 6.61 Å². The van der Waals surface area contributed by atoms with Gasteiger partial charge in [-0.2, -0.15) is 13.2 Å². The van der Waals surface area contributed by atoms with Crippen LogP contribution in [-0.4, -0.2) is 29.5 Å². The molecule has 134 valence electrons. The minimum Gasteiger partial charge on any atom is -0.464 e. The molecule has 1 unspecified atom stereocenters. The first kappa shape index (κ1) is 18.8. The van der Waals surface area contributed by atoms with E-state index in [1.807, 2.05) is 0 Å². The van der Waals surface area contributed by atoms with Crippen molar-refractivity contribution >= 4 is 5.97 Å². The van der Waals surface area contributed by atoms with Gasteiger partial charge in [-0.1, -0.05) is 49.6 Å². The lowest BCUT2D eigenvalue weighted by Gasteiger charge is -2.43. The predicted octanol–water partition coefficient (Wildman–Crippen LogP) is 4.14. The molecule has 24 heavy (non-hydrogen) atoms. The third-order valence-electron chi connectivity index (χ3n) is 4.87. The molecule has 3 nitrogen and oxygen atoms in total. The lowest BCUT2D eigenvalue weighted by molar-refractivity contribution is -0.269. The van der Waals surface area contributed by atoms with Crippen LogP contribution in [-0.2, 0) is 14.9 Å². The molecule has 0 aromatic heterocycles. The van der Waals surface area contributed by atoms with Crippen LogP contribution in [0.1, 0.15) is 51.0 Å². The largest absolute Gasteiger partial charge is 0.464 e. The molecule has 1 aliphatic carbocycles. The molecule has 0 amide bonds. The number of aliphatic hydroxyl groups is 1. The average molecular weight is 344 g/mol. The van der Waals surface area contributed by atoms with Crippen molar-refractivity contribution < 1.29 is 27.8 Å². The van der Waals surface area contributed by atoms with Crippen LogP contribution in [0.2, 0.25) is 0 Å². The summed E-state index contributed by atoms with van der Waals surface area (Å²) in [5.74, 6) is -1.61. The molecule has 0 heterocycles. The zero-order valence-electron chi connectivity index (χ0n) is 13.7. The molecule has 0 radical (unpaired) electrons. The highest BCUT2D eigenvalue weighted by molar-refractivity contribution is 5.80. The molecule has 1 saturated carbocycles. The lowest BCUT2D eigenvalue weighted by Crippen LogP contribution is -2.57. The highest BCUT2D eigenvalue weighted by atomic mass is 19.4. The van der Waals surface area contributed by atoms with E-state index in [0.29, 0.717) is 12.8 Å². The molecule has 1 N–H and O–H groups in total. The molecular formula is C18H23F3O3. The fraction of sp³-hybridized carbons (Fsp3) is 0.611. The summed E-state index contributed by atoms with van der Waals surface area (Å²) in [6, 6.07) is 8.87. The Kier molecular flexibility index (Phi) is 5.58. The SMILES string of the molecule is CCOC(=O)C(O)(CC1(c2ccccc2)CCCCC1)C(F)(F)F. The number of benzene rings is 1. The molecule has 6 heteroatoms. The number of hydrogen-bond donors (Lipinski definition) is 1. The molecule has 1 aromatic carbocycles. The Labute approximate surface area is 139 Å². The minimum atomic E-state index is -5.08. The summed E-state index contributed by atoms with van der Waals surface area (Å²) >= 11 is 0. The van der Waals surface area contributed by atoms with E-state index >= 15 is 0 Å². The highest BCUT2D eigenvalue weighted by Crippen LogP contribution is 2.49. The van der Waals surface area contributed by atoms with Crippen LogP contribution in [0.3, 0.4) is 0 Å². The number of carbonyl (C=O) groups excluding carboxylic acids is 1. The first-order chi connectivity index (χ1) is 11.3. The van der Waals surface area contributed by atoms with Gasteiger partial charge in [-0.05, 0) is 30.7 Å². The Bertz CT molecular complexity index is 550. The summed E-state index contributed by atoms with van der Waals surface area (Å²) in [6.45, 7) is 1.21. The third-order valence-corrected chi connectivity index (χ3v) is 4.87.